The zero-order valence-electron chi connectivity index (χ0n) is 22.9. The molecule has 0 atom stereocenters. The largest absolute Gasteiger partial charge is 0.470 e. The molecule has 4 bridgehead atoms. The Morgan fingerprint density at radius 2 is 1.64 bits per heavy atom. The fourth-order valence-corrected chi connectivity index (χ4v) is 8.24. The Labute approximate surface area is 241 Å². The van der Waals surface area contributed by atoms with E-state index >= 15 is 0 Å². The summed E-state index contributed by atoms with van der Waals surface area (Å²) in [5, 5.41) is 0. The molecule has 217 valence electrons. The van der Waals surface area contributed by atoms with Crippen molar-refractivity contribution in [2.45, 2.75) is 51.3 Å². The molecule has 8 rings (SSSR count). The van der Waals surface area contributed by atoms with Crippen LogP contribution in [0.15, 0.2) is 67.0 Å². The van der Waals surface area contributed by atoms with Gasteiger partial charge in [0.25, 0.3) is 5.88 Å². The minimum absolute atomic E-state index is 0.0653. The summed E-state index contributed by atoms with van der Waals surface area (Å²) in [5.41, 5.74) is 7.99. The summed E-state index contributed by atoms with van der Waals surface area (Å²) in [6.07, 6.45) is 6.44. The number of H-pyrrole nitrogens is 1. The Bertz CT molecular complexity index is 1550. The number of benzene rings is 2. The highest BCUT2D eigenvalue weighted by Crippen LogP contribution is 2.65. The van der Waals surface area contributed by atoms with Crippen molar-refractivity contribution in [1.82, 2.24) is 15.0 Å². The minimum Gasteiger partial charge on any atom is -0.470 e. The first-order valence-electron chi connectivity index (χ1n) is 14.4. The predicted octanol–water partition coefficient (Wildman–Crippen LogP) is 7.98. The molecule has 2 aromatic heterocycles. The molecule has 42 heavy (non-hydrogen) atoms. The molecular weight excluding hydrogens is 544 g/mol. The molecule has 3 N–H and O–H groups in total. The average molecular weight is 576 g/mol. The van der Waals surface area contributed by atoms with Gasteiger partial charge in [-0.1, -0.05) is 36.4 Å². The van der Waals surface area contributed by atoms with E-state index in [4.69, 9.17) is 10.5 Å². The third kappa shape index (κ3) is 4.82. The first kappa shape index (κ1) is 27.0. The molecular formula is C33H31F4N4O. The maximum Gasteiger partial charge on any atom is 0.419 e. The van der Waals surface area contributed by atoms with Crippen molar-refractivity contribution in [1.29, 1.82) is 0 Å². The van der Waals surface area contributed by atoms with Gasteiger partial charge in [0, 0.05) is 23.0 Å². The van der Waals surface area contributed by atoms with Gasteiger partial charge in [0.05, 0.1) is 23.4 Å². The van der Waals surface area contributed by atoms with Gasteiger partial charge in [-0.15, -0.1) is 0 Å². The summed E-state index contributed by atoms with van der Waals surface area (Å²) in [6, 6.07) is 15.6. The number of rotatable bonds is 7. The number of ether oxygens (including phenoxy) is 1. The van der Waals surface area contributed by atoms with Crippen molar-refractivity contribution in [3.05, 3.63) is 101 Å². The van der Waals surface area contributed by atoms with Crippen molar-refractivity contribution in [3.8, 4) is 17.1 Å². The van der Waals surface area contributed by atoms with E-state index in [9.17, 15) is 17.6 Å². The first-order chi connectivity index (χ1) is 20.2. The molecule has 4 aliphatic carbocycles. The number of alkyl halides is 3. The summed E-state index contributed by atoms with van der Waals surface area (Å²) in [5.74, 6) is 2.28. The fraction of sp³-hybridized carbons (Fsp3) is 0.364. The van der Waals surface area contributed by atoms with Crippen molar-refractivity contribution < 1.29 is 22.3 Å². The van der Waals surface area contributed by atoms with Crippen LogP contribution in [0.1, 0.15) is 60.9 Å². The van der Waals surface area contributed by atoms with Crippen molar-refractivity contribution in [2.24, 2.45) is 23.2 Å². The molecule has 0 unspecified atom stereocenters. The summed E-state index contributed by atoms with van der Waals surface area (Å²) in [7, 11) is 0. The molecule has 0 saturated heterocycles. The number of aromatic amines is 1. The fourth-order valence-electron chi connectivity index (χ4n) is 8.24. The molecule has 9 heteroatoms. The number of halogens is 4. The summed E-state index contributed by atoms with van der Waals surface area (Å²) < 4.78 is 59.9. The van der Waals surface area contributed by atoms with Crippen molar-refractivity contribution >= 4 is 5.82 Å². The van der Waals surface area contributed by atoms with Crippen LogP contribution in [0.2, 0.25) is 0 Å². The predicted molar refractivity (Wildman–Crippen MR) is 150 cm³/mol. The monoisotopic (exact) mass is 575 g/mol. The Balaban J connectivity index is 1.16. The lowest BCUT2D eigenvalue weighted by atomic mass is 9.45. The normalized spacial score (nSPS) is 24.8. The molecule has 4 saturated carbocycles. The Morgan fingerprint density at radius 1 is 0.952 bits per heavy atom. The topological polar surface area (TPSA) is 76.8 Å². The zero-order chi connectivity index (χ0) is 29.1. The second-order valence-corrected chi connectivity index (χ2v) is 12.2. The van der Waals surface area contributed by atoms with E-state index in [-0.39, 0.29) is 22.7 Å². The second kappa shape index (κ2) is 10.1. The number of anilines is 1. The molecule has 2 aromatic carbocycles. The van der Waals surface area contributed by atoms with Crippen LogP contribution in [0.5, 0.6) is 5.88 Å². The van der Waals surface area contributed by atoms with Crippen molar-refractivity contribution in [2.75, 3.05) is 5.73 Å². The van der Waals surface area contributed by atoms with Crippen LogP contribution in [0.25, 0.3) is 11.3 Å². The SMILES string of the molecule is Nc1ncc(-c2ccc([C](c3ccc[nH]3)C34CC5CC(CC(C5)C3)C4)cc2)nc1OCc1cccc(F)c1C(F)(F)F. The van der Waals surface area contributed by atoms with E-state index in [0.29, 0.717) is 5.69 Å². The molecule has 4 aromatic rings. The van der Waals surface area contributed by atoms with Crippen molar-refractivity contribution in [3.63, 3.8) is 0 Å². The van der Waals surface area contributed by atoms with E-state index in [1.165, 1.54) is 74.0 Å². The van der Waals surface area contributed by atoms with Crippen LogP contribution in [0.4, 0.5) is 23.4 Å². The standard InChI is InChI=1S/C33H31F4N4O/c34-25-4-1-3-24(28(25)33(35,36)37)18-42-31-30(38)40-17-27(41-31)22-6-8-23(9-7-22)29(26-5-2-10-39-26)32-14-19-11-20(15-32)13-21(12-19)16-32/h1-10,17,19-21,39H,11-16,18H2,(H2,38,40). The van der Waals surface area contributed by atoms with Crippen LogP contribution < -0.4 is 10.5 Å². The van der Waals surface area contributed by atoms with Crippen LogP contribution in [-0.2, 0) is 12.8 Å². The van der Waals surface area contributed by atoms with Gasteiger partial charge in [0.1, 0.15) is 12.4 Å². The Hall–Kier alpha value is -3.88. The number of hydrogen-bond donors (Lipinski definition) is 2. The number of nitrogen functional groups attached to an aromatic ring is 1. The van der Waals surface area contributed by atoms with Gasteiger partial charge in [-0.05, 0) is 85.5 Å². The highest BCUT2D eigenvalue weighted by molar-refractivity contribution is 5.62. The average Bonchev–Trinajstić information content (AvgIpc) is 3.46. The summed E-state index contributed by atoms with van der Waals surface area (Å²) >= 11 is 0. The number of nitrogens with two attached hydrogens (primary N) is 1. The number of hydrogen-bond acceptors (Lipinski definition) is 4. The van der Waals surface area contributed by atoms with Gasteiger partial charge in [-0.25, -0.2) is 14.4 Å². The lowest BCUT2D eigenvalue weighted by Gasteiger charge is -2.59. The van der Waals surface area contributed by atoms with Gasteiger partial charge in [0.15, 0.2) is 5.82 Å². The summed E-state index contributed by atoms with van der Waals surface area (Å²) in [4.78, 5) is 12.1. The molecule has 4 fully saturated rings. The quantitative estimate of drug-likeness (QED) is 0.219. The van der Waals surface area contributed by atoms with Crippen LogP contribution in [0, 0.1) is 34.9 Å². The lowest BCUT2D eigenvalue weighted by molar-refractivity contribution is -0.141. The Morgan fingerprint density at radius 3 is 2.26 bits per heavy atom. The second-order valence-electron chi connectivity index (χ2n) is 12.2. The van der Waals surface area contributed by atoms with Gasteiger partial charge < -0.3 is 15.5 Å². The number of aromatic nitrogens is 3. The molecule has 4 aliphatic rings. The van der Waals surface area contributed by atoms with Crippen LogP contribution >= 0.6 is 0 Å². The van der Waals surface area contributed by atoms with Gasteiger partial charge in [-0.2, -0.15) is 13.2 Å². The molecule has 5 nitrogen and oxygen atoms in total. The maximum atomic E-state index is 14.0. The number of nitrogens with one attached hydrogen (secondary N) is 1. The van der Waals surface area contributed by atoms with E-state index in [0.717, 1.165) is 29.4 Å². The van der Waals surface area contributed by atoms with Crippen LogP contribution in [0.3, 0.4) is 0 Å². The van der Waals surface area contributed by atoms with E-state index in [2.05, 4.69) is 39.2 Å². The van der Waals surface area contributed by atoms with Gasteiger partial charge >= 0.3 is 6.18 Å². The van der Waals surface area contributed by atoms with E-state index in [1.807, 2.05) is 18.3 Å². The molecule has 2 heterocycles. The highest BCUT2D eigenvalue weighted by Gasteiger charge is 2.55. The third-order valence-electron chi connectivity index (χ3n) is 9.42. The molecule has 0 spiro atoms. The highest BCUT2D eigenvalue weighted by atomic mass is 19.4. The number of nitrogens with zero attached hydrogens (tertiary/aromatic N) is 2. The molecule has 0 amide bonds. The summed E-state index contributed by atoms with van der Waals surface area (Å²) in [6.45, 7) is -0.562. The van der Waals surface area contributed by atoms with E-state index < -0.39 is 24.2 Å². The lowest BCUT2D eigenvalue weighted by Crippen LogP contribution is -2.49. The van der Waals surface area contributed by atoms with Crippen LogP contribution in [-0.4, -0.2) is 15.0 Å². The zero-order valence-corrected chi connectivity index (χ0v) is 22.9. The smallest absolute Gasteiger partial charge is 0.419 e. The third-order valence-corrected chi connectivity index (χ3v) is 9.42. The molecule has 1 radical (unpaired) electrons. The minimum atomic E-state index is -4.86. The first-order valence-corrected chi connectivity index (χ1v) is 14.4. The molecule has 0 aliphatic heterocycles. The van der Waals surface area contributed by atoms with Gasteiger partial charge in [-0.3, -0.25) is 0 Å². The maximum absolute atomic E-state index is 14.0. The Kier molecular flexibility index (Phi) is 6.51. The van der Waals surface area contributed by atoms with Gasteiger partial charge in [0.2, 0.25) is 0 Å². The van der Waals surface area contributed by atoms with E-state index in [1.54, 1.807) is 0 Å².